The van der Waals surface area contributed by atoms with Crippen molar-refractivity contribution in [3.05, 3.63) is 0 Å². The number of halogens is 1. The van der Waals surface area contributed by atoms with E-state index in [2.05, 4.69) is 25.7 Å². The van der Waals surface area contributed by atoms with E-state index in [1.165, 1.54) is 32.1 Å². The van der Waals surface area contributed by atoms with Crippen molar-refractivity contribution in [3.8, 4) is 0 Å². The van der Waals surface area contributed by atoms with Crippen LogP contribution in [-0.4, -0.2) is 4.66 Å². The molecule has 0 aromatic carbocycles. The average molecular weight is 153 g/mol. The third-order valence-corrected chi connectivity index (χ3v) is 1.21. The Balaban J connectivity index is 0. The van der Waals surface area contributed by atoms with Gasteiger partial charge in [-0.25, -0.2) is 0 Å². The summed E-state index contributed by atoms with van der Waals surface area (Å²) in [5, 5.41) is 0. The maximum atomic E-state index is 6.47. The number of hydrogen-bond acceptors (Lipinski definition) is 1. The van der Waals surface area contributed by atoms with E-state index in [0.29, 0.717) is 0 Å². The monoisotopic (exact) mass is 152 g/mol. The van der Waals surface area contributed by atoms with Crippen molar-refractivity contribution in [2.75, 3.05) is 0 Å². The van der Waals surface area contributed by atoms with Crippen molar-refractivity contribution in [2.45, 2.75) is 46.0 Å². The molecule has 0 heterocycles. The van der Waals surface area contributed by atoms with E-state index in [4.69, 9.17) is 4.66 Å². The summed E-state index contributed by atoms with van der Waals surface area (Å²) in [6.45, 7) is 4.49. The SMILES string of the molecule is CCCCCCC.OCl. The van der Waals surface area contributed by atoms with Crippen LogP contribution in [0.4, 0.5) is 0 Å². The summed E-state index contributed by atoms with van der Waals surface area (Å²) in [6, 6.07) is 0. The molecule has 1 N–H and O–H groups in total. The van der Waals surface area contributed by atoms with Crippen LogP contribution in [-0.2, 0) is 0 Å². The molecule has 0 aliphatic carbocycles. The maximum absolute atomic E-state index is 6.47. The van der Waals surface area contributed by atoms with Gasteiger partial charge in [-0.05, 0) is 0 Å². The molecule has 0 radical (unpaired) electrons. The maximum Gasteiger partial charge on any atom is 0.0579 e. The number of unbranched alkanes of at least 4 members (excludes halogenated alkanes) is 4. The van der Waals surface area contributed by atoms with E-state index in [1.54, 1.807) is 0 Å². The second-order valence-electron chi connectivity index (χ2n) is 2.06. The molecular formula is C7H17ClO. The zero-order chi connectivity index (χ0) is 7.54. The van der Waals surface area contributed by atoms with Crippen LogP contribution in [0.3, 0.4) is 0 Å². The molecule has 1 nitrogen and oxygen atoms in total. The molecule has 0 spiro atoms. The van der Waals surface area contributed by atoms with Crippen LogP contribution in [0.5, 0.6) is 0 Å². The molecule has 0 aliphatic rings. The Kier molecular flexibility index (Phi) is 20.9. The van der Waals surface area contributed by atoms with E-state index < -0.39 is 0 Å². The first-order valence-corrected chi connectivity index (χ1v) is 3.92. The van der Waals surface area contributed by atoms with Crippen LogP contribution in [0, 0.1) is 0 Å². The first-order chi connectivity index (χ1) is 4.41. The third kappa shape index (κ3) is 17.8. The molecule has 0 unspecified atom stereocenters. The van der Waals surface area contributed by atoms with Crippen molar-refractivity contribution >= 4 is 11.9 Å². The van der Waals surface area contributed by atoms with Crippen molar-refractivity contribution in [2.24, 2.45) is 0 Å². The lowest BCUT2D eigenvalue weighted by Crippen LogP contribution is -1.70. The molecule has 2 heteroatoms. The molecule has 58 valence electrons. The zero-order valence-corrected chi connectivity index (χ0v) is 7.12. The normalized spacial score (nSPS) is 8.00. The molecule has 0 aliphatic heterocycles. The quantitative estimate of drug-likeness (QED) is 0.614. The standard InChI is InChI=1S/C7H16.ClHO/c1-3-5-7-6-4-2;1-2/h3-7H2,1-2H3;2H. The number of hydrogen-bond donors (Lipinski definition) is 1. The van der Waals surface area contributed by atoms with Crippen LogP contribution in [0.25, 0.3) is 0 Å². The molecule has 0 fully saturated rings. The fraction of sp³-hybridized carbons (Fsp3) is 1.00. The van der Waals surface area contributed by atoms with Crippen molar-refractivity contribution in [1.82, 2.24) is 0 Å². The van der Waals surface area contributed by atoms with Gasteiger partial charge in [-0.1, -0.05) is 46.0 Å². The van der Waals surface area contributed by atoms with Crippen molar-refractivity contribution in [3.63, 3.8) is 0 Å². The summed E-state index contributed by atoms with van der Waals surface area (Å²) < 4.78 is 6.47. The zero-order valence-electron chi connectivity index (χ0n) is 6.36. The van der Waals surface area contributed by atoms with Gasteiger partial charge in [0.2, 0.25) is 0 Å². The average Bonchev–Trinajstić information content (AvgIpc) is 1.94. The molecule has 0 aromatic rings. The molecule has 9 heavy (non-hydrogen) atoms. The highest BCUT2D eigenvalue weighted by molar-refractivity contribution is 6.04. The van der Waals surface area contributed by atoms with Gasteiger partial charge in [0, 0.05) is 0 Å². The lowest BCUT2D eigenvalue weighted by Gasteiger charge is -1.90. The summed E-state index contributed by atoms with van der Waals surface area (Å²) >= 11 is 3.64. The largest absolute Gasteiger partial charge is 0.295 e. The molecule has 0 rings (SSSR count). The minimum Gasteiger partial charge on any atom is -0.295 e. The first kappa shape index (κ1) is 12.0. The Morgan fingerprint density at radius 1 is 0.889 bits per heavy atom. The van der Waals surface area contributed by atoms with Gasteiger partial charge >= 0.3 is 0 Å². The molecule has 0 atom stereocenters. The van der Waals surface area contributed by atoms with Crippen LogP contribution >= 0.6 is 11.9 Å². The Morgan fingerprint density at radius 2 is 1.22 bits per heavy atom. The lowest BCUT2D eigenvalue weighted by atomic mass is 10.2. The van der Waals surface area contributed by atoms with Crippen LogP contribution in [0.15, 0.2) is 0 Å². The third-order valence-electron chi connectivity index (χ3n) is 1.21. The van der Waals surface area contributed by atoms with Crippen LogP contribution in [0.2, 0.25) is 0 Å². The molecule has 0 amide bonds. The van der Waals surface area contributed by atoms with Gasteiger partial charge in [-0.3, -0.25) is 4.66 Å². The van der Waals surface area contributed by atoms with Crippen LogP contribution < -0.4 is 0 Å². The van der Waals surface area contributed by atoms with Gasteiger partial charge in [0.05, 0.1) is 11.9 Å². The molecular weight excluding hydrogens is 136 g/mol. The van der Waals surface area contributed by atoms with E-state index in [0.717, 1.165) is 0 Å². The smallest absolute Gasteiger partial charge is 0.0579 e. The van der Waals surface area contributed by atoms with Gasteiger partial charge in [0.15, 0.2) is 0 Å². The minimum absolute atomic E-state index is 1.36. The summed E-state index contributed by atoms with van der Waals surface area (Å²) in [4.78, 5) is 0. The lowest BCUT2D eigenvalue weighted by molar-refractivity contribution is 0.632. The summed E-state index contributed by atoms with van der Waals surface area (Å²) in [7, 11) is 0. The first-order valence-electron chi connectivity index (χ1n) is 3.58. The Hall–Kier alpha value is 0.250. The number of rotatable bonds is 4. The Morgan fingerprint density at radius 3 is 1.44 bits per heavy atom. The highest BCUT2D eigenvalue weighted by Gasteiger charge is 1.80. The summed E-state index contributed by atoms with van der Waals surface area (Å²) in [5.41, 5.74) is 0. The second-order valence-corrected chi connectivity index (χ2v) is 2.06. The highest BCUT2D eigenvalue weighted by atomic mass is 35.5. The van der Waals surface area contributed by atoms with Gasteiger partial charge in [0.1, 0.15) is 0 Å². The van der Waals surface area contributed by atoms with Crippen molar-refractivity contribution < 1.29 is 4.66 Å². The van der Waals surface area contributed by atoms with E-state index in [-0.39, 0.29) is 0 Å². The van der Waals surface area contributed by atoms with Gasteiger partial charge in [-0.15, -0.1) is 0 Å². The molecule has 0 aromatic heterocycles. The predicted octanol–water partition coefficient (Wildman–Crippen LogP) is 3.11. The summed E-state index contributed by atoms with van der Waals surface area (Å²) in [5.74, 6) is 0. The molecule has 0 saturated carbocycles. The predicted molar refractivity (Wildman–Crippen MR) is 42.5 cm³/mol. The van der Waals surface area contributed by atoms with E-state index >= 15 is 0 Å². The topological polar surface area (TPSA) is 20.2 Å². The highest BCUT2D eigenvalue weighted by Crippen LogP contribution is 2.00. The van der Waals surface area contributed by atoms with Crippen LogP contribution in [0.1, 0.15) is 46.0 Å². The minimum atomic E-state index is 1.36. The van der Waals surface area contributed by atoms with E-state index in [1.807, 2.05) is 0 Å². The van der Waals surface area contributed by atoms with E-state index in [9.17, 15) is 0 Å². The van der Waals surface area contributed by atoms with Gasteiger partial charge in [0.25, 0.3) is 0 Å². The van der Waals surface area contributed by atoms with Gasteiger partial charge < -0.3 is 0 Å². The Labute approximate surface area is 63.2 Å². The summed E-state index contributed by atoms with van der Waals surface area (Å²) in [6.07, 6.45) is 7.01. The second kappa shape index (κ2) is 15.7. The van der Waals surface area contributed by atoms with Crippen molar-refractivity contribution in [1.29, 1.82) is 0 Å². The van der Waals surface area contributed by atoms with Gasteiger partial charge in [-0.2, -0.15) is 0 Å². The fourth-order valence-electron chi connectivity index (χ4n) is 0.677. The molecule has 0 saturated heterocycles. The Bertz CT molecular complexity index is 28.1. The fourth-order valence-corrected chi connectivity index (χ4v) is 0.677. The molecule has 0 bridgehead atoms.